The van der Waals surface area contributed by atoms with Crippen LogP contribution < -0.4 is 11.3 Å². The molecule has 1 aromatic heterocycles. The molecule has 0 bridgehead atoms. The Morgan fingerprint density at radius 2 is 2.57 bits per heavy atom. The van der Waals surface area contributed by atoms with Crippen LogP contribution in [0.3, 0.4) is 0 Å². The van der Waals surface area contributed by atoms with Crippen molar-refractivity contribution in [1.29, 1.82) is 0 Å². The molecule has 3 N–H and O–H groups in total. The van der Waals surface area contributed by atoms with Gasteiger partial charge in [-0.1, -0.05) is 0 Å². The molecule has 1 heterocycles. The minimum atomic E-state index is -0.0724. The fourth-order valence-electron chi connectivity index (χ4n) is 1.99. The molecule has 0 spiro atoms. The molecule has 1 aromatic rings. The molecular weight excluding hydrogens is 180 g/mol. The predicted molar refractivity (Wildman–Crippen MR) is 51.1 cm³/mol. The number of nitrogens with two attached hydrogens (primary N) is 1. The molecule has 0 fully saturated rings. The Morgan fingerprint density at radius 3 is 3.29 bits per heavy atom. The molecule has 1 aliphatic rings. The smallest absolute Gasteiger partial charge is 0.237 e. The van der Waals surface area contributed by atoms with E-state index in [0.29, 0.717) is 0 Å². The summed E-state index contributed by atoms with van der Waals surface area (Å²) in [5, 5.41) is 4.17. The number of fused-ring (bicyclic) bond motifs is 1. The second kappa shape index (κ2) is 3.42. The van der Waals surface area contributed by atoms with Gasteiger partial charge < -0.3 is 0 Å². The SMILES string of the molecule is Cn1ncc2c1C[C@@H](C(=O)NN)CC2. The minimum Gasteiger partial charge on any atom is -0.294 e. The quantitative estimate of drug-likeness (QED) is 0.360. The van der Waals surface area contributed by atoms with E-state index < -0.39 is 0 Å². The zero-order chi connectivity index (χ0) is 10.1. The normalized spacial score (nSPS) is 20.3. The van der Waals surface area contributed by atoms with E-state index in [1.807, 2.05) is 17.9 Å². The van der Waals surface area contributed by atoms with Crippen LogP contribution in [0.2, 0.25) is 0 Å². The summed E-state index contributed by atoms with van der Waals surface area (Å²) in [7, 11) is 1.90. The van der Waals surface area contributed by atoms with Crippen molar-refractivity contribution in [2.45, 2.75) is 19.3 Å². The molecule has 14 heavy (non-hydrogen) atoms. The van der Waals surface area contributed by atoms with Crippen molar-refractivity contribution in [2.75, 3.05) is 0 Å². The molecular formula is C9H14N4O. The molecule has 1 aliphatic carbocycles. The van der Waals surface area contributed by atoms with Crippen LogP contribution in [-0.2, 0) is 24.7 Å². The fourth-order valence-corrected chi connectivity index (χ4v) is 1.99. The highest BCUT2D eigenvalue weighted by atomic mass is 16.2. The van der Waals surface area contributed by atoms with Gasteiger partial charge >= 0.3 is 0 Å². The van der Waals surface area contributed by atoms with E-state index in [4.69, 9.17) is 5.84 Å². The van der Waals surface area contributed by atoms with Crippen LogP contribution in [0.15, 0.2) is 6.20 Å². The Labute approximate surface area is 82.2 Å². The molecule has 5 heteroatoms. The number of nitrogens with one attached hydrogen (secondary N) is 1. The summed E-state index contributed by atoms with van der Waals surface area (Å²) >= 11 is 0. The zero-order valence-electron chi connectivity index (χ0n) is 8.16. The lowest BCUT2D eigenvalue weighted by Gasteiger charge is -2.20. The second-order valence-corrected chi connectivity index (χ2v) is 3.69. The summed E-state index contributed by atoms with van der Waals surface area (Å²) < 4.78 is 1.84. The van der Waals surface area contributed by atoms with Crippen molar-refractivity contribution in [1.82, 2.24) is 15.2 Å². The van der Waals surface area contributed by atoms with Crippen molar-refractivity contribution >= 4 is 5.91 Å². The Balaban J connectivity index is 2.20. The third-order valence-electron chi connectivity index (χ3n) is 2.86. The van der Waals surface area contributed by atoms with Crippen LogP contribution in [0.1, 0.15) is 17.7 Å². The standard InChI is InChI=1S/C9H14N4O/c1-13-8-4-6(9(14)12-10)2-3-7(8)5-11-13/h5-6H,2-4,10H2,1H3,(H,12,14)/t6-/m0/s1. The molecule has 76 valence electrons. The average molecular weight is 194 g/mol. The maximum atomic E-state index is 11.3. The lowest BCUT2D eigenvalue weighted by Crippen LogP contribution is -2.38. The highest BCUT2D eigenvalue weighted by Gasteiger charge is 2.26. The number of nitrogens with zero attached hydrogens (tertiary/aromatic N) is 2. The summed E-state index contributed by atoms with van der Waals surface area (Å²) in [5.41, 5.74) is 4.62. The van der Waals surface area contributed by atoms with Crippen LogP contribution >= 0.6 is 0 Å². The van der Waals surface area contributed by atoms with E-state index in [1.165, 1.54) is 5.56 Å². The van der Waals surface area contributed by atoms with Crippen molar-refractivity contribution < 1.29 is 4.79 Å². The summed E-state index contributed by atoms with van der Waals surface area (Å²) in [6.07, 6.45) is 4.41. The largest absolute Gasteiger partial charge is 0.294 e. The minimum absolute atomic E-state index is 0.00269. The van der Waals surface area contributed by atoms with Crippen LogP contribution in [0.5, 0.6) is 0 Å². The van der Waals surface area contributed by atoms with Crippen LogP contribution in [-0.4, -0.2) is 15.7 Å². The molecule has 2 rings (SSSR count). The number of aromatic nitrogens is 2. The third-order valence-corrected chi connectivity index (χ3v) is 2.86. The lowest BCUT2D eigenvalue weighted by atomic mass is 9.87. The van der Waals surface area contributed by atoms with Gasteiger partial charge in [0.05, 0.1) is 6.20 Å². The average Bonchev–Trinajstić information content (AvgIpc) is 2.59. The van der Waals surface area contributed by atoms with Gasteiger partial charge in [0.25, 0.3) is 0 Å². The number of rotatable bonds is 1. The number of amides is 1. The van der Waals surface area contributed by atoms with Crippen molar-refractivity contribution in [3.05, 3.63) is 17.5 Å². The van der Waals surface area contributed by atoms with E-state index >= 15 is 0 Å². The van der Waals surface area contributed by atoms with Crippen LogP contribution in [0, 0.1) is 5.92 Å². The maximum absolute atomic E-state index is 11.3. The van der Waals surface area contributed by atoms with Crippen LogP contribution in [0.25, 0.3) is 0 Å². The Hall–Kier alpha value is -1.36. The van der Waals surface area contributed by atoms with Gasteiger partial charge in [0.2, 0.25) is 5.91 Å². The Kier molecular flexibility index (Phi) is 2.25. The number of hydrogen-bond acceptors (Lipinski definition) is 3. The fraction of sp³-hybridized carbons (Fsp3) is 0.556. The molecule has 0 aliphatic heterocycles. The molecule has 5 nitrogen and oxygen atoms in total. The molecule has 0 radical (unpaired) electrons. The molecule has 0 saturated heterocycles. The molecule has 1 amide bonds. The van der Waals surface area contributed by atoms with Gasteiger partial charge in [-0.2, -0.15) is 5.10 Å². The van der Waals surface area contributed by atoms with Crippen molar-refractivity contribution in [2.24, 2.45) is 18.8 Å². The monoisotopic (exact) mass is 194 g/mol. The number of hydrogen-bond donors (Lipinski definition) is 2. The van der Waals surface area contributed by atoms with Gasteiger partial charge in [0, 0.05) is 25.1 Å². The van der Waals surface area contributed by atoms with E-state index in [2.05, 4.69) is 10.5 Å². The van der Waals surface area contributed by atoms with Gasteiger partial charge in [-0.25, -0.2) is 5.84 Å². The highest BCUT2D eigenvalue weighted by Crippen LogP contribution is 2.24. The van der Waals surface area contributed by atoms with E-state index in [-0.39, 0.29) is 11.8 Å². The second-order valence-electron chi connectivity index (χ2n) is 3.69. The first-order valence-corrected chi connectivity index (χ1v) is 4.72. The lowest BCUT2D eigenvalue weighted by molar-refractivity contribution is -0.125. The predicted octanol–water partition coefficient (Wildman–Crippen LogP) is -0.485. The first-order valence-electron chi connectivity index (χ1n) is 4.72. The topological polar surface area (TPSA) is 72.9 Å². The van der Waals surface area contributed by atoms with Gasteiger partial charge in [0.1, 0.15) is 0 Å². The highest BCUT2D eigenvalue weighted by molar-refractivity contribution is 5.78. The van der Waals surface area contributed by atoms with Gasteiger partial charge in [-0.3, -0.25) is 14.9 Å². The van der Waals surface area contributed by atoms with E-state index in [9.17, 15) is 4.79 Å². The maximum Gasteiger partial charge on any atom is 0.237 e. The van der Waals surface area contributed by atoms with E-state index in [1.54, 1.807) is 0 Å². The Morgan fingerprint density at radius 1 is 1.79 bits per heavy atom. The first kappa shape index (κ1) is 9.21. The van der Waals surface area contributed by atoms with Gasteiger partial charge in [0.15, 0.2) is 0 Å². The summed E-state index contributed by atoms with van der Waals surface area (Å²) in [6.45, 7) is 0. The van der Waals surface area contributed by atoms with Crippen LogP contribution in [0.4, 0.5) is 0 Å². The summed E-state index contributed by atoms with van der Waals surface area (Å²) in [4.78, 5) is 11.3. The first-order chi connectivity index (χ1) is 6.72. The molecule has 0 aromatic carbocycles. The molecule has 0 saturated carbocycles. The number of carbonyl (C=O) groups is 1. The Bertz CT molecular complexity index is 358. The zero-order valence-corrected chi connectivity index (χ0v) is 8.16. The number of hydrazine groups is 1. The van der Waals surface area contributed by atoms with Gasteiger partial charge in [-0.05, 0) is 18.4 Å². The third kappa shape index (κ3) is 1.39. The summed E-state index contributed by atoms with van der Waals surface area (Å²) in [6, 6.07) is 0. The number of aryl methyl sites for hydroxylation is 2. The van der Waals surface area contributed by atoms with Crippen molar-refractivity contribution in [3.8, 4) is 0 Å². The number of carbonyl (C=O) groups excluding carboxylic acids is 1. The van der Waals surface area contributed by atoms with Gasteiger partial charge in [-0.15, -0.1) is 0 Å². The summed E-state index contributed by atoms with van der Waals surface area (Å²) in [5.74, 6) is 5.04. The van der Waals surface area contributed by atoms with E-state index in [0.717, 1.165) is 25.0 Å². The molecule has 1 atom stereocenters. The molecule has 0 unspecified atom stereocenters. The van der Waals surface area contributed by atoms with Crippen molar-refractivity contribution in [3.63, 3.8) is 0 Å².